The quantitative estimate of drug-likeness (QED) is 0.465. The summed E-state index contributed by atoms with van der Waals surface area (Å²) in [6.45, 7) is 4.44. The summed E-state index contributed by atoms with van der Waals surface area (Å²) in [7, 11) is 0. The van der Waals surface area contributed by atoms with Crippen molar-refractivity contribution in [2.75, 3.05) is 17.2 Å². The molecule has 34 heavy (non-hydrogen) atoms. The number of aromatic nitrogens is 5. The minimum absolute atomic E-state index is 0.0902. The zero-order valence-corrected chi connectivity index (χ0v) is 19.2. The molecule has 2 aliphatic rings. The number of rotatable bonds is 3. The maximum atomic E-state index is 13.7. The maximum absolute atomic E-state index is 13.7. The van der Waals surface area contributed by atoms with Crippen molar-refractivity contribution in [3.63, 3.8) is 0 Å². The van der Waals surface area contributed by atoms with Crippen LogP contribution in [0.5, 0.6) is 0 Å². The second-order valence-electron chi connectivity index (χ2n) is 8.79. The molecule has 1 aromatic carbocycles. The van der Waals surface area contributed by atoms with Crippen molar-refractivity contribution in [2.24, 2.45) is 0 Å². The zero-order chi connectivity index (χ0) is 23.8. The van der Waals surface area contributed by atoms with Crippen LogP contribution in [0.25, 0.3) is 11.2 Å². The van der Waals surface area contributed by atoms with Gasteiger partial charge in [0.1, 0.15) is 22.4 Å². The fraction of sp³-hybridized carbons (Fsp3) is 0.261. The highest BCUT2D eigenvalue weighted by Crippen LogP contribution is 2.45. The number of nitrogen functional groups attached to an aromatic ring is 1. The van der Waals surface area contributed by atoms with Gasteiger partial charge < -0.3 is 16.0 Å². The normalized spacial score (nSPS) is 21.4. The van der Waals surface area contributed by atoms with E-state index in [0.29, 0.717) is 52.1 Å². The van der Waals surface area contributed by atoms with Crippen LogP contribution in [0, 0.1) is 0 Å². The van der Waals surface area contributed by atoms with Crippen molar-refractivity contribution >= 4 is 34.8 Å². The van der Waals surface area contributed by atoms with Gasteiger partial charge in [0.2, 0.25) is 5.95 Å². The average molecular weight is 477 g/mol. The molecule has 5 heterocycles. The first-order valence-corrected chi connectivity index (χ1v) is 11.3. The van der Waals surface area contributed by atoms with Crippen LogP contribution in [-0.4, -0.2) is 36.6 Å². The average Bonchev–Trinajstić information content (AvgIpc) is 3.31. The number of hydrogen-bond acceptors (Lipinski definition) is 7. The molecule has 2 atom stereocenters. The Morgan fingerprint density at radius 1 is 1.18 bits per heavy atom. The molecule has 2 aliphatic heterocycles. The van der Waals surface area contributed by atoms with Gasteiger partial charge in [-0.2, -0.15) is 10.1 Å². The van der Waals surface area contributed by atoms with Crippen molar-refractivity contribution < 1.29 is 4.79 Å². The van der Waals surface area contributed by atoms with E-state index in [-0.39, 0.29) is 23.5 Å². The fourth-order valence-electron chi connectivity index (χ4n) is 4.87. The van der Waals surface area contributed by atoms with Gasteiger partial charge in [0.15, 0.2) is 5.82 Å². The van der Waals surface area contributed by atoms with Crippen LogP contribution in [0.3, 0.4) is 0 Å². The first kappa shape index (κ1) is 20.7. The highest BCUT2D eigenvalue weighted by molar-refractivity contribution is 6.33. The third kappa shape index (κ3) is 2.72. The first-order valence-electron chi connectivity index (χ1n) is 10.9. The molecular weight excluding hydrogens is 456 g/mol. The smallest absolute Gasteiger partial charge is 0.284 e. The predicted molar refractivity (Wildman–Crippen MR) is 127 cm³/mol. The Kier molecular flexibility index (Phi) is 4.28. The summed E-state index contributed by atoms with van der Waals surface area (Å²) in [5.74, 6) is 0.796. The Balaban J connectivity index is 1.60. The van der Waals surface area contributed by atoms with Gasteiger partial charge in [-0.05, 0) is 38.5 Å². The minimum Gasteiger partial charge on any atom is -0.368 e. The molecule has 3 N–H and O–H groups in total. The first-order chi connectivity index (χ1) is 16.3. The van der Waals surface area contributed by atoms with E-state index < -0.39 is 5.54 Å². The van der Waals surface area contributed by atoms with Crippen LogP contribution >= 0.6 is 11.6 Å². The summed E-state index contributed by atoms with van der Waals surface area (Å²) >= 11 is 6.33. The van der Waals surface area contributed by atoms with Crippen molar-refractivity contribution in [2.45, 2.75) is 31.8 Å². The maximum Gasteiger partial charge on any atom is 0.284 e. The standard InChI is InChI=1S/C23H21ClN8O2/c1-12-16-15(19(33)26-12)18(28-22(25)27-16)30-11-9-23(30,2)21-29-31-10-8-14(24)17(31)20(34)32(21)13-6-4-3-5-7-13/h3-8,10,12H,9,11H2,1-2H3,(H,26,33)(H2,25,27,28)/t12-,23?/m1/s1. The second-order valence-corrected chi connectivity index (χ2v) is 9.20. The van der Waals surface area contributed by atoms with E-state index in [2.05, 4.69) is 15.3 Å². The number of anilines is 2. The number of benzene rings is 1. The third-order valence-corrected chi connectivity index (χ3v) is 7.03. The molecule has 1 fully saturated rings. The topological polar surface area (TPSA) is 123 Å². The largest absolute Gasteiger partial charge is 0.368 e. The van der Waals surface area contributed by atoms with Gasteiger partial charge >= 0.3 is 0 Å². The molecule has 1 amide bonds. The van der Waals surface area contributed by atoms with E-state index in [1.165, 1.54) is 4.52 Å². The number of fused-ring (bicyclic) bond motifs is 2. The SMILES string of the molecule is C[C@H]1NC(=O)c2c1nc(N)nc2N1CCC1(C)c1nn2ccc(Cl)c2c(=O)n1-c1ccccc1. The fourth-order valence-corrected chi connectivity index (χ4v) is 5.10. The molecule has 0 saturated carbocycles. The molecule has 1 unspecified atom stereocenters. The molecule has 0 bridgehead atoms. The van der Waals surface area contributed by atoms with E-state index in [9.17, 15) is 9.59 Å². The van der Waals surface area contributed by atoms with E-state index in [0.717, 1.165) is 0 Å². The number of amides is 1. The summed E-state index contributed by atoms with van der Waals surface area (Å²) in [4.78, 5) is 37.2. The van der Waals surface area contributed by atoms with E-state index in [1.54, 1.807) is 16.8 Å². The van der Waals surface area contributed by atoms with Gasteiger partial charge in [-0.25, -0.2) is 9.50 Å². The number of nitrogens with zero attached hydrogens (tertiary/aromatic N) is 6. The number of para-hydroxylation sites is 1. The number of halogens is 1. The summed E-state index contributed by atoms with van der Waals surface area (Å²) in [6, 6.07) is 10.7. The molecule has 0 radical (unpaired) electrons. The summed E-state index contributed by atoms with van der Waals surface area (Å²) in [6.07, 6.45) is 2.35. The molecule has 11 heteroatoms. The van der Waals surface area contributed by atoms with Crippen LogP contribution < -0.4 is 21.5 Å². The van der Waals surface area contributed by atoms with Crippen LogP contribution in [0.15, 0.2) is 47.4 Å². The number of hydrogen-bond donors (Lipinski definition) is 2. The van der Waals surface area contributed by atoms with Crippen molar-refractivity contribution in [1.82, 2.24) is 29.5 Å². The number of carbonyl (C=O) groups is 1. The lowest BCUT2D eigenvalue weighted by Crippen LogP contribution is -2.59. The lowest BCUT2D eigenvalue weighted by atomic mass is 9.84. The molecule has 0 aliphatic carbocycles. The molecule has 172 valence electrons. The summed E-state index contributed by atoms with van der Waals surface area (Å²) in [5, 5.41) is 8.04. The van der Waals surface area contributed by atoms with Crippen LogP contribution in [0.4, 0.5) is 11.8 Å². The highest BCUT2D eigenvalue weighted by Gasteiger charge is 2.49. The van der Waals surface area contributed by atoms with Gasteiger partial charge in [-0.1, -0.05) is 29.8 Å². The number of carbonyl (C=O) groups excluding carboxylic acids is 1. The van der Waals surface area contributed by atoms with Gasteiger partial charge in [0.05, 0.1) is 22.4 Å². The van der Waals surface area contributed by atoms with Crippen LogP contribution in [-0.2, 0) is 5.54 Å². The zero-order valence-electron chi connectivity index (χ0n) is 18.5. The lowest BCUT2D eigenvalue weighted by Gasteiger charge is -2.51. The van der Waals surface area contributed by atoms with E-state index in [4.69, 9.17) is 22.4 Å². The molecule has 10 nitrogen and oxygen atoms in total. The van der Waals surface area contributed by atoms with Crippen LogP contribution in [0.2, 0.25) is 5.02 Å². The number of nitrogens with two attached hydrogens (primary N) is 1. The number of nitrogens with one attached hydrogen (secondary N) is 1. The van der Waals surface area contributed by atoms with Crippen molar-refractivity contribution in [3.8, 4) is 5.69 Å². The Morgan fingerprint density at radius 3 is 2.65 bits per heavy atom. The van der Waals surface area contributed by atoms with Crippen LogP contribution in [0.1, 0.15) is 48.2 Å². The van der Waals surface area contributed by atoms with Gasteiger partial charge in [-0.3, -0.25) is 14.2 Å². The Bertz CT molecular complexity index is 1550. The summed E-state index contributed by atoms with van der Waals surface area (Å²) in [5.41, 5.74) is 6.94. The van der Waals surface area contributed by atoms with E-state index in [1.807, 2.05) is 49.1 Å². The van der Waals surface area contributed by atoms with Gasteiger partial charge in [0.25, 0.3) is 11.5 Å². The molecule has 3 aromatic heterocycles. The Labute approximate surface area is 199 Å². The van der Waals surface area contributed by atoms with E-state index >= 15 is 0 Å². The molecule has 1 saturated heterocycles. The minimum atomic E-state index is -0.749. The Hall–Kier alpha value is -3.92. The predicted octanol–water partition coefficient (Wildman–Crippen LogP) is 2.44. The molecule has 4 aromatic rings. The van der Waals surface area contributed by atoms with Gasteiger partial charge in [0, 0.05) is 12.7 Å². The lowest BCUT2D eigenvalue weighted by molar-refractivity contribution is 0.0958. The second kappa shape index (κ2) is 7.04. The van der Waals surface area contributed by atoms with Crippen molar-refractivity contribution in [1.29, 1.82) is 0 Å². The third-order valence-electron chi connectivity index (χ3n) is 6.73. The van der Waals surface area contributed by atoms with Crippen molar-refractivity contribution in [3.05, 3.63) is 75.1 Å². The Morgan fingerprint density at radius 2 is 1.94 bits per heavy atom. The highest BCUT2D eigenvalue weighted by atomic mass is 35.5. The summed E-state index contributed by atoms with van der Waals surface area (Å²) < 4.78 is 3.09. The molecule has 0 spiro atoms. The molecular formula is C23H21ClN8O2. The van der Waals surface area contributed by atoms with Gasteiger partial charge in [-0.15, -0.1) is 0 Å². The molecule has 6 rings (SSSR count). The monoisotopic (exact) mass is 476 g/mol.